The van der Waals surface area contributed by atoms with Gasteiger partial charge in [-0.05, 0) is 49.8 Å². The summed E-state index contributed by atoms with van der Waals surface area (Å²) in [5.41, 5.74) is 1.50. The largest absolute Gasteiger partial charge is 0.339 e. The molecule has 3 rings (SSSR count). The van der Waals surface area contributed by atoms with Crippen LogP contribution in [0, 0.1) is 22.5 Å². The molecule has 0 radical (unpaired) electrons. The highest BCUT2D eigenvalue weighted by atomic mass is 35.5. The fraction of sp³-hybridized carbons (Fsp3) is 0.562. The Bertz CT molecular complexity index is 605. The van der Waals surface area contributed by atoms with Crippen LogP contribution in [0.25, 0.3) is 0 Å². The molecule has 23 heavy (non-hydrogen) atoms. The molecule has 0 atom stereocenters. The van der Waals surface area contributed by atoms with E-state index in [1.807, 2.05) is 4.90 Å². The van der Waals surface area contributed by atoms with E-state index in [0.29, 0.717) is 11.0 Å². The summed E-state index contributed by atoms with van der Waals surface area (Å²) in [7, 11) is 0. The van der Waals surface area contributed by atoms with Crippen molar-refractivity contribution in [2.75, 3.05) is 26.2 Å². The first-order valence-corrected chi connectivity index (χ1v) is 7.75. The SMILES string of the molecule is Cc1cc(C(=O)N2CCC3(CCNC3)CC2)cc([N+](=O)[O-])c1.Cl. The van der Waals surface area contributed by atoms with E-state index < -0.39 is 4.92 Å². The van der Waals surface area contributed by atoms with Crippen molar-refractivity contribution in [3.05, 3.63) is 39.4 Å². The van der Waals surface area contributed by atoms with Gasteiger partial charge in [0.2, 0.25) is 0 Å². The standard InChI is InChI=1S/C16H21N3O3.ClH/c1-12-8-13(10-14(9-12)19(21)22)15(20)18-6-3-16(4-7-18)2-5-17-11-16;/h8-10,17H,2-7,11H2,1H3;1H. The molecule has 1 amide bonds. The summed E-state index contributed by atoms with van der Waals surface area (Å²) >= 11 is 0. The zero-order chi connectivity index (χ0) is 15.7. The second-order valence-corrected chi connectivity index (χ2v) is 6.53. The predicted octanol–water partition coefficient (Wildman–Crippen LogP) is 2.54. The highest BCUT2D eigenvalue weighted by Gasteiger charge is 2.38. The Morgan fingerprint density at radius 1 is 1.26 bits per heavy atom. The topological polar surface area (TPSA) is 75.5 Å². The Morgan fingerprint density at radius 2 is 1.96 bits per heavy atom. The molecule has 7 heteroatoms. The van der Waals surface area contributed by atoms with Gasteiger partial charge in [-0.2, -0.15) is 0 Å². The van der Waals surface area contributed by atoms with Crippen molar-refractivity contribution in [3.8, 4) is 0 Å². The molecule has 6 nitrogen and oxygen atoms in total. The van der Waals surface area contributed by atoms with Crippen molar-refractivity contribution >= 4 is 24.0 Å². The van der Waals surface area contributed by atoms with Gasteiger partial charge in [0.15, 0.2) is 0 Å². The number of hydrogen-bond donors (Lipinski definition) is 1. The fourth-order valence-corrected chi connectivity index (χ4v) is 3.58. The first-order chi connectivity index (χ1) is 10.5. The highest BCUT2D eigenvalue weighted by molar-refractivity contribution is 5.95. The highest BCUT2D eigenvalue weighted by Crippen LogP contribution is 2.37. The first-order valence-electron chi connectivity index (χ1n) is 7.75. The molecule has 0 bridgehead atoms. The molecule has 0 aliphatic carbocycles. The molecule has 2 aliphatic rings. The van der Waals surface area contributed by atoms with Crippen molar-refractivity contribution < 1.29 is 9.72 Å². The number of rotatable bonds is 2. The van der Waals surface area contributed by atoms with Gasteiger partial charge in [0.05, 0.1) is 4.92 Å². The number of carbonyl (C=O) groups excluding carboxylic acids is 1. The Hall–Kier alpha value is -1.66. The van der Waals surface area contributed by atoms with Crippen LogP contribution in [0.3, 0.4) is 0 Å². The van der Waals surface area contributed by atoms with Crippen LogP contribution < -0.4 is 5.32 Å². The molecule has 126 valence electrons. The lowest BCUT2D eigenvalue weighted by Crippen LogP contribution is -2.44. The number of benzene rings is 1. The molecule has 2 heterocycles. The summed E-state index contributed by atoms with van der Waals surface area (Å²) in [6.07, 6.45) is 3.21. The third-order valence-electron chi connectivity index (χ3n) is 4.96. The van der Waals surface area contributed by atoms with Crippen LogP contribution in [0.1, 0.15) is 35.2 Å². The van der Waals surface area contributed by atoms with E-state index in [4.69, 9.17) is 0 Å². The number of nitro groups is 1. The quantitative estimate of drug-likeness (QED) is 0.663. The summed E-state index contributed by atoms with van der Waals surface area (Å²) in [6.45, 7) is 5.37. The molecule has 1 aromatic carbocycles. The van der Waals surface area contributed by atoms with Gasteiger partial charge in [0.1, 0.15) is 0 Å². The third-order valence-corrected chi connectivity index (χ3v) is 4.96. The van der Waals surface area contributed by atoms with Gasteiger partial charge in [-0.1, -0.05) is 0 Å². The zero-order valence-electron chi connectivity index (χ0n) is 13.2. The van der Waals surface area contributed by atoms with E-state index >= 15 is 0 Å². The number of nitrogens with zero attached hydrogens (tertiary/aromatic N) is 2. The minimum atomic E-state index is -0.445. The van der Waals surface area contributed by atoms with Crippen molar-refractivity contribution in [2.24, 2.45) is 5.41 Å². The normalized spacial score (nSPS) is 19.4. The molecule has 2 aliphatic heterocycles. The lowest BCUT2D eigenvalue weighted by Gasteiger charge is -2.38. The lowest BCUT2D eigenvalue weighted by atomic mass is 9.78. The molecule has 2 saturated heterocycles. The number of nitrogens with one attached hydrogen (secondary N) is 1. The number of halogens is 1. The van der Waals surface area contributed by atoms with E-state index in [0.717, 1.165) is 44.6 Å². The summed E-state index contributed by atoms with van der Waals surface area (Å²) in [5, 5.41) is 14.4. The number of piperidine rings is 1. The van der Waals surface area contributed by atoms with Crippen LogP contribution in [-0.4, -0.2) is 41.9 Å². The number of likely N-dealkylation sites (tertiary alicyclic amines) is 1. The lowest BCUT2D eigenvalue weighted by molar-refractivity contribution is -0.384. The minimum Gasteiger partial charge on any atom is -0.339 e. The van der Waals surface area contributed by atoms with E-state index in [2.05, 4.69) is 5.32 Å². The van der Waals surface area contributed by atoms with Gasteiger partial charge in [0, 0.05) is 37.3 Å². The zero-order valence-corrected chi connectivity index (χ0v) is 14.0. The number of hydrogen-bond acceptors (Lipinski definition) is 4. The number of nitro benzene ring substituents is 1. The Balaban J connectivity index is 0.00000192. The average molecular weight is 340 g/mol. The Labute approximate surface area is 141 Å². The molecule has 1 spiro atoms. The summed E-state index contributed by atoms with van der Waals surface area (Å²) < 4.78 is 0. The molecule has 0 saturated carbocycles. The van der Waals surface area contributed by atoms with Crippen molar-refractivity contribution in [1.29, 1.82) is 0 Å². The van der Waals surface area contributed by atoms with Crippen molar-refractivity contribution in [2.45, 2.75) is 26.2 Å². The van der Waals surface area contributed by atoms with Crippen LogP contribution in [0.4, 0.5) is 5.69 Å². The van der Waals surface area contributed by atoms with Crippen molar-refractivity contribution in [3.63, 3.8) is 0 Å². The van der Waals surface area contributed by atoms with Crippen LogP contribution in [0.15, 0.2) is 18.2 Å². The number of amides is 1. The maximum Gasteiger partial charge on any atom is 0.270 e. The predicted molar refractivity (Wildman–Crippen MR) is 90.1 cm³/mol. The van der Waals surface area contributed by atoms with E-state index in [1.54, 1.807) is 13.0 Å². The van der Waals surface area contributed by atoms with Gasteiger partial charge < -0.3 is 10.2 Å². The van der Waals surface area contributed by atoms with Gasteiger partial charge in [-0.25, -0.2) is 0 Å². The van der Waals surface area contributed by atoms with E-state index in [9.17, 15) is 14.9 Å². The van der Waals surface area contributed by atoms with E-state index in [-0.39, 0.29) is 24.0 Å². The van der Waals surface area contributed by atoms with Crippen LogP contribution >= 0.6 is 12.4 Å². The summed E-state index contributed by atoms with van der Waals surface area (Å²) in [6, 6.07) is 4.61. The second kappa shape index (κ2) is 6.84. The maximum atomic E-state index is 12.6. The first kappa shape index (κ1) is 17.7. The number of aryl methyl sites for hydroxylation is 1. The van der Waals surface area contributed by atoms with Crippen LogP contribution in [-0.2, 0) is 0 Å². The summed E-state index contributed by atoms with van der Waals surface area (Å²) in [4.78, 5) is 25.0. The smallest absolute Gasteiger partial charge is 0.270 e. The minimum absolute atomic E-state index is 0. The monoisotopic (exact) mass is 339 g/mol. The molecule has 1 N–H and O–H groups in total. The van der Waals surface area contributed by atoms with Gasteiger partial charge >= 0.3 is 0 Å². The maximum absolute atomic E-state index is 12.6. The van der Waals surface area contributed by atoms with Crippen LogP contribution in [0.5, 0.6) is 0 Å². The molecule has 1 aromatic rings. The van der Waals surface area contributed by atoms with Crippen LogP contribution in [0.2, 0.25) is 0 Å². The fourth-order valence-electron chi connectivity index (χ4n) is 3.58. The number of carbonyl (C=O) groups is 1. The molecule has 0 aromatic heterocycles. The van der Waals surface area contributed by atoms with Crippen molar-refractivity contribution in [1.82, 2.24) is 10.2 Å². The number of non-ortho nitro benzene ring substituents is 1. The molecular weight excluding hydrogens is 318 g/mol. The average Bonchev–Trinajstić information content (AvgIpc) is 2.95. The van der Waals surface area contributed by atoms with E-state index in [1.165, 1.54) is 18.6 Å². The van der Waals surface area contributed by atoms with Gasteiger partial charge in [-0.3, -0.25) is 14.9 Å². The Kier molecular flexibility index (Phi) is 5.26. The van der Waals surface area contributed by atoms with Gasteiger partial charge in [-0.15, -0.1) is 12.4 Å². The Morgan fingerprint density at radius 3 is 2.52 bits per heavy atom. The molecule has 2 fully saturated rings. The summed E-state index contributed by atoms with van der Waals surface area (Å²) in [5.74, 6) is -0.0902. The molecular formula is C16H22ClN3O3. The second-order valence-electron chi connectivity index (χ2n) is 6.53. The molecule has 0 unspecified atom stereocenters. The van der Waals surface area contributed by atoms with Gasteiger partial charge in [0.25, 0.3) is 11.6 Å². The third kappa shape index (κ3) is 3.64.